The van der Waals surface area contributed by atoms with Crippen LogP contribution in [-0.4, -0.2) is 35.4 Å². The van der Waals surface area contributed by atoms with Crippen molar-refractivity contribution in [1.82, 2.24) is 24.3 Å². The average Bonchev–Trinajstić information content (AvgIpc) is 2.95. The Morgan fingerprint density at radius 2 is 2.11 bits per heavy atom. The first-order valence-electron chi connectivity index (χ1n) is 5.64. The van der Waals surface area contributed by atoms with Crippen LogP contribution in [0, 0.1) is 6.92 Å². The molecular weight excluding hydrogens is 246 g/mol. The molecular formula is C12H11N5O2. The lowest BCUT2D eigenvalue weighted by molar-refractivity contribution is 0.0696. The Bertz CT molecular complexity index is 787. The van der Waals surface area contributed by atoms with Crippen molar-refractivity contribution in [3.8, 4) is 5.69 Å². The minimum absolute atomic E-state index is 0.126. The van der Waals surface area contributed by atoms with E-state index >= 15 is 0 Å². The normalized spacial score (nSPS) is 11.1. The van der Waals surface area contributed by atoms with E-state index in [9.17, 15) is 9.90 Å². The van der Waals surface area contributed by atoms with Crippen molar-refractivity contribution in [2.75, 3.05) is 0 Å². The van der Waals surface area contributed by atoms with Gasteiger partial charge in [-0.1, -0.05) is 0 Å². The van der Waals surface area contributed by atoms with Crippen LogP contribution in [0.5, 0.6) is 0 Å². The molecule has 0 saturated carbocycles. The van der Waals surface area contributed by atoms with Crippen molar-refractivity contribution >= 4 is 17.0 Å². The average molecular weight is 257 g/mol. The molecule has 0 aliphatic carbocycles. The van der Waals surface area contributed by atoms with E-state index in [-0.39, 0.29) is 5.56 Å². The van der Waals surface area contributed by atoms with E-state index in [1.54, 1.807) is 34.9 Å². The molecule has 0 aromatic carbocycles. The molecule has 3 heterocycles. The smallest absolute Gasteiger partial charge is 0.339 e. The van der Waals surface area contributed by atoms with Crippen molar-refractivity contribution in [2.45, 2.75) is 6.92 Å². The van der Waals surface area contributed by atoms with Gasteiger partial charge in [-0.2, -0.15) is 5.10 Å². The Kier molecular flexibility index (Phi) is 2.34. The van der Waals surface area contributed by atoms with Gasteiger partial charge in [-0.25, -0.2) is 14.8 Å². The number of fused-ring (bicyclic) bond motifs is 1. The van der Waals surface area contributed by atoms with Gasteiger partial charge in [0.05, 0.1) is 17.3 Å². The van der Waals surface area contributed by atoms with Gasteiger partial charge in [0.2, 0.25) is 0 Å². The summed E-state index contributed by atoms with van der Waals surface area (Å²) in [5, 5.41) is 14.1. The lowest BCUT2D eigenvalue weighted by atomic mass is 10.2. The molecule has 0 unspecified atom stereocenters. The first-order chi connectivity index (χ1) is 9.09. The first kappa shape index (κ1) is 11.4. The number of hydrogen-bond donors (Lipinski definition) is 1. The number of aryl methyl sites for hydroxylation is 2. The minimum atomic E-state index is -1.03. The summed E-state index contributed by atoms with van der Waals surface area (Å²) >= 11 is 0. The highest BCUT2D eigenvalue weighted by Crippen LogP contribution is 2.25. The third kappa shape index (κ3) is 1.59. The second-order valence-corrected chi connectivity index (χ2v) is 4.18. The van der Waals surface area contributed by atoms with Crippen LogP contribution in [-0.2, 0) is 7.05 Å². The number of aromatic nitrogens is 5. The summed E-state index contributed by atoms with van der Waals surface area (Å²) in [4.78, 5) is 19.7. The van der Waals surface area contributed by atoms with Crippen molar-refractivity contribution in [3.05, 3.63) is 36.2 Å². The van der Waals surface area contributed by atoms with E-state index in [4.69, 9.17) is 0 Å². The number of pyridine rings is 1. The van der Waals surface area contributed by atoms with Crippen LogP contribution in [0.15, 0.2) is 24.8 Å². The molecule has 0 aliphatic rings. The summed E-state index contributed by atoms with van der Waals surface area (Å²) < 4.78 is 3.34. The maximum atomic E-state index is 11.4. The van der Waals surface area contributed by atoms with Crippen LogP contribution < -0.4 is 0 Å². The number of imidazole rings is 1. The molecule has 0 aliphatic heterocycles. The summed E-state index contributed by atoms with van der Waals surface area (Å²) in [7, 11) is 1.76. The molecule has 7 nitrogen and oxygen atoms in total. The molecule has 3 aromatic heterocycles. The standard InChI is InChI=1S/C12H11N5O2/c1-7-13-3-4-17(7)10-8-6-15-16(2)11(8)14-5-9(10)12(18)19/h3-6H,1-2H3,(H,18,19). The Labute approximate surface area is 108 Å². The summed E-state index contributed by atoms with van der Waals surface area (Å²) in [6, 6.07) is 0. The fourth-order valence-corrected chi connectivity index (χ4v) is 2.11. The summed E-state index contributed by atoms with van der Waals surface area (Å²) in [6.45, 7) is 1.81. The molecule has 1 N–H and O–H groups in total. The van der Waals surface area contributed by atoms with E-state index in [0.717, 1.165) is 0 Å². The van der Waals surface area contributed by atoms with Gasteiger partial charge in [-0.05, 0) is 6.92 Å². The van der Waals surface area contributed by atoms with Gasteiger partial charge in [0.15, 0.2) is 5.65 Å². The molecule has 0 radical (unpaired) electrons. The lowest BCUT2D eigenvalue weighted by Gasteiger charge is -2.10. The monoisotopic (exact) mass is 257 g/mol. The number of hydrogen-bond acceptors (Lipinski definition) is 4. The van der Waals surface area contributed by atoms with E-state index in [0.29, 0.717) is 22.5 Å². The fraction of sp³-hybridized carbons (Fsp3) is 0.167. The SMILES string of the molecule is Cc1nccn1-c1c(C(=O)O)cnc2c1cnn2C. The second kappa shape index (κ2) is 3.91. The predicted molar refractivity (Wildman–Crippen MR) is 67.3 cm³/mol. The lowest BCUT2D eigenvalue weighted by Crippen LogP contribution is -2.08. The molecule has 3 rings (SSSR count). The zero-order valence-electron chi connectivity index (χ0n) is 10.4. The third-order valence-corrected chi connectivity index (χ3v) is 3.03. The van der Waals surface area contributed by atoms with Crippen molar-refractivity contribution in [2.24, 2.45) is 7.05 Å². The Balaban J connectivity index is 2.45. The van der Waals surface area contributed by atoms with Crippen LogP contribution in [0.4, 0.5) is 0 Å². The van der Waals surface area contributed by atoms with Crippen molar-refractivity contribution < 1.29 is 9.90 Å². The Hall–Kier alpha value is -2.70. The largest absolute Gasteiger partial charge is 0.478 e. The van der Waals surface area contributed by atoms with Crippen LogP contribution in [0.1, 0.15) is 16.2 Å². The maximum absolute atomic E-state index is 11.4. The summed E-state index contributed by atoms with van der Waals surface area (Å²) in [6.07, 6.45) is 6.32. The first-order valence-corrected chi connectivity index (χ1v) is 5.64. The Morgan fingerprint density at radius 1 is 1.32 bits per heavy atom. The summed E-state index contributed by atoms with van der Waals surface area (Å²) in [5.41, 5.74) is 1.30. The van der Waals surface area contributed by atoms with Gasteiger partial charge in [0.1, 0.15) is 11.4 Å². The number of rotatable bonds is 2. The molecule has 0 fully saturated rings. The quantitative estimate of drug-likeness (QED) is 0.744. The molecule has 3 aromatic rings. The van der Waals surface area contributed by atoms with Crippen molar-refractivity contribution in [1.29, 1.82) is 0 Å². The van der Waals surface area contributed by atoms with E-state index in [1.165, 1.54) is 6.20 Å². The van der Waals surface area contributed by atoms with Gasteiger partial charge in [-0.3, -0.25) is 4.68 Å². The highest BCUT2D eigenvalue weighted by molar-refractivity contribution is 5.99. The zero-order valence-corrected chi connectivity index (χ0v) is 10.4. The maximum Gasteiger partial charge on any atom is 0.339 e. The Morgan fingerprint density at radius 3 is 2.74 bits per heavy atom. The molecule has 0 saturated heterocycles. The molecule has 96 valence electrons. The van der Waals surface area contributed by atoms with Gasteiger partial charge in [0, 0.05) is 25.6 Å². The molecule has 0 spiro atoms. The molecule has 0 bridgehead atoms. The number of aromatic carboxylic acids is 1. The minimum Gasteiger partial charge on any atom is -0.478 e. The van der Waals surface area contributed by atoms with Gasteiger partial charge >= 0.3 is 5.97 Å². The van der Waals surface area contributed by atoms with Crippen LogP contribution in [0.2, 0.25) is 0 Å². The summed E-state index contributed by atoms with van der Waals surface area (Å²) in [5.74, 6) is -0.319. The molecule has 19 heavy (non-hydrogen) atoms. The van der Waals surface area contributed by atoms with Crippen molar-refractivity contribution in [3.63, 3.8) is 0 Å². The molecule has 0 amide bonds. The van der Waals surface area contributed by atoms with Gasteiger partial charge in [-0.15, -0.1) is 0 Å². The second-order valence-electron chi connectivity index (χ2n) is 4.18. The van der Waals surface area contributed by atoms with E-state index in [1.807, 2.05) is 6.92 Å². The number of nitrogens with zero attached hydrogens (tertiary/aromatic N) is 5. The fourth-order valence-electron chi connectivity index (χ4n) is 2.11. The van der Waals surface area contributed by atoms with E-state index in [2.05, 4.69) is 15.1 Å². The highest BCUT2D eigenvalue weighted by atomic mass is 16.4. The molecule has 0 atom stereocenters. The van der Waals surface area contributed by atoms with Crippen LogP contribution in [0.25, 0.3) is 16.7 Å². The van der Waals surface area contributed by atoms with Crippen LogP contribution >= 0.6 is 0 Å². The number of carbonyl (C=O) groups is 1. The van der Waals surface area contributed by atoms with Gasteiger partial charge in [0.25, 0.3) is 0 Å². The number of carboxylic acid groups (broad SMARTS) is 1. The predicted octanol–water partition coefficient (Wildman–Crippen LogP) is 1.16. The number of carboxylic acids is 1. The topological polar surface area (TPSA) is 85.8 Å². The zero-order chi connectivity index (χ0) is 13.6. The van der Waals surface area contributed by atoms with E-state index < -0.39 is 5.97 Å². The van der Waals surface area contributed by atoms with Crippen LogP contribution in [0.3, 0.4) is 0 Å². The molecule has 7 heteroatoms. The van der Waals surface area contributed by atoms with Gasteiger partial charge < -0.3 is 9.67 Å². The highest BCUT2D eigenvalue weighted by Gasteiger charge is 2.19. The third-order valence-electron chi connectivity index (χ3n) is 3.03.